The first-order valence-electron chi connectivity index (χ1n) is 13.7. The lowest BCUT2D eigenvalue weighted by Crippen LogP contribution is -2.48. The number of hydrogen-bond acceptors (Lipinski definition) is 5. The van der Waals surface area contributed by atoms with Crippen LogP contribution >= 0.6 is 0 Å². The number of aromatic amines is 1. The summed E-state index contributed by atoms with van der Waals surface area (Å²) in [7, 11) is -3.72. The molecule has 1 aromatic heterocycles. The minimum absolute atomic E-state index is 0.0119. The summed E-state index contributed by atoms with van der Waals surface area (Å²) in [5.41, 5.74) is 1.70. The number of H-pyrrole nitrogens is 1. The molecule has 1 aromatic carbocycles. The number of aryl methyl sites for hydroxylation is 1. The molecule has 8 nitrogen and oxygen atoms in total. The maximum Gasteiger partial charge on any atom is 0.224 e. The van der Waals surface area contributed by atoms with Gasteiger partial charge in [-0.15, -0.1) is 0 Å². The molecule has 2 aliphatic rings. The number of carbonyl (C=O) groups excluding carboxylic acids is 2. The Hall–Kier alpha value is -2.59. The molecule has 10 heteroatoms. The Morgan fingerprint density at radius 2 is 1.97 bits per heavy atom. The van der Waals surface area contributed by atoms with Crippen LogP contribution in [0.3, 0.4) is 0 Å². The molecular formula is C28H39FN4O4S. The number of rotatable bonds is 12. The van der Waals surface area contributed by atoms with Crippen LogP contribution in [0.1, 0.15) is 82.5 Å². The van der Waals surface area contributed by atoms with Crippen molar-refractivity contribution in [2.24, 2.45) is 5.92 Å². The monoisotopic (exact) mass is 546 g/mol. The van der Waals surface area contributed by atoms with Gasteiger partial charge in [-0.05, 0) is 63.1 Å². The van der Waals surface area contributed by atoms with E-state index < -0.39 is 16.1 Å². The van der Waals surface area contributed by atoms with Crippen molar-refractivity contribution in [1.29, 1.82) is 0 Å². The van der Waals surface area contributed by atoms with Gasteiger partial charge < -0.3 is 9.88 Å². The van der Waals surface area contributed by atoms with E-state index in [9.17, 15) is 22.4 Å². The third-order valence-corrected chi connectivity index (χ3v) is 9.11. The summed E-state index contributed by atoms with van der Waals surface area (Å²) >= 11 is 0. The van der Waals surface area contributed by atoms with Gasteiger partial charge in [-0.2, -0.15) is 0 Å². The minimum atomic E-state index is -3.72. The highest BCUT2D eigenvalue weighted by Crippen LogP contribution is 2.32. The number of Topliss-reactive ketones (excluding diaryl/α,β-unsaturated/α-hetero) is 1. The van der Waals surface area contributed by atoms with Gasteiger partial charge in [-0.25, -0.2) is 22.5 Å². The average molecular weight is 547 g/mol. The smallest absolute Gasteiger partial charge is 0.224 e. The van der Waals surface area contributed by atoms with Crippen molar-refractivity contribution < 1.29 is 22.4 Å². The third kappa shape index (κ3) is 7.50. The van der Waals surface area contributed by atoms with E-state index in [2.05, 4.69) is 14.7 Å². The van der Waals surface area contributed by atoms with Crippen molar-refractivity contribution in [3.8, 4) is 11.3 Å². The van der Waals surface area contributed by atoms with E-state index in [1.165, 1.54) is 12.3 Å². The molecule has 38 heavy (non-hydrogen) atoms. The second-order valence-corrected chi connectivity index (χ2v) is 13.0. The summed E-state index contributed by atoms with van der Waals surface area (Å²) in [5, 5.41) is 0. The largest absolute Gasteiger partial charge is 0.342 e. The first-order chi connectivity index (χ1) is 18.0. The summed E-state index contributed by atoms with van der Waals surface area (Å²) < 4.78 is 42.7. The summed E-state index contributed by atoms with van der Waals surface area (Å²) in [6.07, 6.45) is 6.82. The van der Waals surface area contributed by atoms with Crippen LogP contribution in [-0.4, -0.2) is 59.4 Å². The maximum atomic E-state index is 14.4. The number of amides is 1. The molecule has 1 amide bonds. The molecule has 2 aromatic rings. The topological polar surface area (TPSA) is 112 Å². The summed E-state index contributed by atoms with van der Waals surface area (Å²) in [6, 6.07) is 3.88. The third-order valence-electron chi connectivity index (χ3n) is 7.69. The van der Waals surface area contributed by atoms with Crippen molar-refractivity contribution in [2.45, 2.75) is 90.1 Å². The van der Waals surface area contributed by atoms with Crippen LogP contribution in [0.15, 0.2) is 24.4 Å². The van der Waals surface area contributed by atoms with Crippen LogP contribution in [0.25, 0.3) is 11.3 Å². The number of benzene rings is 1. The van der Waals surface area contributed by atoms with E-state index in [0.717, 1.165) is 37.7 Å². The normalized spacial score (nSPS) is 19.8. The molecular weight excluding hydrogens is 507 g/mol. The molecule has 0 spiro atoms. The second kappa shape index (κ2) is 12.1. The summed E-state index contributed by atoms with van der Waals surface area (Å²) in [5.74, 6) is -0.423. The Bertz CT molecular complexity index is 1260. The Morgan fingerprint density at radius 3 is 2.66 bits per heavy atom. The van der Waals surface area contributed by atoms with Crippen molar-refractivity contribution in [2.75, 3.05) is 12.3 Å². The fraction of sp³-hybridized carbons (Fsp3) is 0.607. The number of hydrogen-bond donors (Lipinski definition) is 2. The van der Waals surface area contributed by atoms with E-state index in [4.69, 9.17) is 0 Å². The van der Waals surface area contributed by atoms with Crippen LogP contribution in [0, 0.1) is 18.7 Å². The van der Waals surface area contributed by atoms with Crippen LogP contribution in [0.4, 0.5) is 4.39 Å². The van der Waals surface area contributed by atoms with Crippen molar-refractivity contribution >= 4 is 21.7 Å². The number of likely N-dealkylation sites (tertiary alicyclic amines) is 1. The molecule has 0 bridgehead atoms. The zero-order chi connectivity index (χ0) is 27.4. The SMILES string of the molecule is Cc1ccc(-c2cnc([C@H](C)CC(=O)[C@H](CC(=O)N3CCCC[C@@H]3C)NS(=O)(=O)CCC3CC3)[nH]2)c(F)c1. The van der Waals surface area contributed by atoms with Crippen LogP contribution in [-0.2, 0) is 19.6 Å². The van der Waals surface area contributed by atoms with E-state index in [-0.39, 0.29) is 48.1 Å². The average Bonchev–Trinajstić information content (AvgIpc) is 3.57. The Labute approximate surface area is 224 Å². The summed E-state index contributed by atoms with van der Waals surface area (Å²) in [4.78, 5) is 35.8. The highest BCUT2D eigenvalue weighted by atomic mass is 32.2. The van der Waals surface area contributed by atoms with Gasteiger partial charge in [-0.3, -0.25) is 9.59 Å². The van der Waals surface area contributed by atoms with Gasteiger partial charge >= 0.3 is 0 Å². The Balaban J connectivity index is 1.46. The molecule has 2 N–H and O–H groups in total. The standard InChI is InChI=1S/C28H39FN4O4S/c1-18-7-10-22(23(29)14-18)25-17-30-28(31-25)19(2)15-26(34)24(32-38(36,37)13-11-21-8-9-21)16-27(35)33-12-5-4-6-20(33)3/h7,10,14,17,19-21,24,32H,4-6,8-9,11-13,15-16H2,1-3H3,(H,30,31)/t19-,20+,24+/m1/s1. The molecule has 1 saturated carbocycles. The second-order valence-electron chi connectivity index (χ2n) is 11.1. The number of halogens is 1. The number of nitrogens with one attached hydrogen (secondary N) is 2. The minimum Gasteiger partial charge on any atom is -0.342 e. The number of aromatic nitrogens is 2. The molecule has 3 atom stereocenters. The van der Waals surface area contributed by atoms with Gasteiger partial charge in [0.1, 0.15) is 11.6 Å². The molecule has 2 heterocycles. The van der Waals surface area contributed by atoms with Crippen molar-refractivity contribution in [3.05, 3.63) is 41.6 Å². The van der Waals surface area contributed by atoms with Gasteiger partial charge in [0.25, 0.3) is 0 Å². The maximum absolute atomic E-state index is 14.4. The number of sulfonamides is 1. The molecule has 0 radical (unpaired) electrons. The predicted molar refractivity (Wildman–Crippen MR) is 144 cm³/mol. The first kappa shape index (κ1) is 28.4. The number of carbonyl (C=O) groups is 2. The van der Waals surface area contributed by atoms with Gasteiger partial charge in [-0.1, -0.05) is 25.8 Å². The zero-order valence-corrected chi connectivity index (χ0v) is 23.3. The fourth-order valence-corrected chi connectivity index (χ4v) is 6.50. The quantitative estimate of drug-likeness (QED) is 0.408. The fourth-order valence-electron chi connectivity index (χ4n) is 5.09. The molecule has 1 saturated heterocycles. The number of piperidine rings is 1. The number of nitrogens with zero attached hydrogens (tertiary/aromatic N) is 2. The predicted octanol–water partition coefficient (Wildman–Crippen LogP) is 4.47. The molecule has 4 rings (SSSR count). The lowest BCUT2D eigenvalue weighted by atomic mass is 9.97. The highest BCUT2D eigenvalue weighted by Gasteiger charge is 2.33. The lowest BCUT2D eigenvalue weighted by Gasteiger charge is -2.34. The van der Waals surface area contributed by atoms with E-state index in [0.29, 0.717) is 36.0 Å². The molecule has 0 unspecified atom stereocenters. The van der Waals surface area contributed by atoms with Crippen LogP contribution in [0.5, 0.6) is 0 Å². The van der Waals surface area contributed by atoms with Gasteiger partial charge in [0.05, 0.1) is 30.1 Å². The molecule has 208 valence electrons. The molecule has 2 fully saturated rings. The van der Waals surface area contributed by atoms with Crippen LogP contribution < -0.4 is 4.72 Å². The Kier molecular flexibility index (Phi) is 9.03. The van der Waals surface area contributed by atoms with Crippen molar-refractivity contribution in [1.82, 2.24) is 19.6 Å². The summed E-state index contributed by atoms with van der Waals surface area (Å²) in [6.45, 7) is 6.23. The first-order valence-corrected chi connectivity index (χ1v) is 15.3. The van der Waals surface area contributed by atoms with Gasteiger partial charge in [0.15, 0.2) is 5.78 Å². The number of imidazole rings is 1. The van der Waals surface area contributed by atoms with E-state index in [1.54, 1.807) is 17.9 Å². The Morgan fingerprint density at radius 1 is 1.21 bits per heavy atom. The van der Waals surface area contributed by atoms with Gasteiger partial charge in [0, 0.05) is 30.5 Å². The van der Waals surface area contributed by atoms with Crippen molar-refractivity contribution in [3.63, 3.8) is 0 Å². The zero-order valence-electron chi connectivity index (χ0n) is 22.5. The van der Waals surface area contributed by atoms with Gasteiger partial charge in [0.2, 0.25) is 15.9 Å². The van der Waals surface area contributed by atoms with E-state index >= 15 is 0 Å². The number of ketones is 1. The van der Waals surface area contributed by atoms with Crippen LogP contribution in [0.2, 0.25) is 0 Å². The molecule has 1 aliphatic heterocycles. The molecule has 1 aliphatic carbocycles. The highest BCUT2D eigenvalue weighted by molar-refractivity contribution is 7.89. The van der Waals surface area contributed by atoms with E-state index in [1.807, 2.05) is 19.9 Å². The lowest BCUT2D eigenvalue weighted by molar-refractivity contribution is -0.137.